The molecule has 2 unspecified atom stereocenters. The Morgan fingerprint density at radius 1 is 0.957 bits per heavy atom. The van der Waals surface area contributed by atoms with Crippen LogP contribution in [0.3, 0.4) is 0 Å². The summed E-state index contributed by atoms with van der Waals surface area (Å²) in [4.78, 5) is 2.47. The third-order valence-corrected chi connectivity index (χ3v) is 4.81. The molecular formula is C22H21N. The van der Waals surface area contributed by atoms with E-state index in [1.807, 2.05) is 6.08 Å². The summed E-state index contributed by atoms with van der Waals surface area (Å²) in [6.45, 7) is 3.80. The van der Waals surface area contributed by atoms with Gasteiger partial charge in [-0.1, -0.05) is 60.7 Å². The lowest BCUT2D eigenvalue weighted by atomic mass is 9.91. The second-order valence-corrected chi connectivity index (χ2v) is 6.21. The van der Waals surface area contributed by atoms with E-state index in [1.165, 1.54) is 22.5 Å². The normalized spacial score (nSPS) is 21.1. The van der Waals surface area contributed by atoms with Crippen molar-refractivity contribution in [2.45, 2.75) is 24.8 Å². The zero-order chi connectivity index (χ0) is 15.6. The van der Waals surface area contributed by atoms with Gasteiger partial charge in [-0.2, -0.15) is 0 Å². The fourth-order valence-electron chi connectivity index (χ4n) is 3.68. The van der Waals surface area contributed by atoms with Crippen molar-refractivity contribution in [3.05, 3.63) is 96.6 Å². The van der Waals surface area contributed by atoms with E-state index >= 15 is 0 Å². The monoisotopic (exact) mass is 299 g/mol. The zero-order valence-corrected chi connectivity index (χ0v) is 13.2. The number of allylic oxidation sites excluding steroid dienone is 3. The third kappa shape index (κ3) is 2.43. The summed E-state index contributed by atoms with van der Waals surface area (Å²) in [7, 11) is 0. The molecule has 0 amide bonds. The molecule has 1 nitrogen and oxygen atoms in total. The van der Waals surface area contributed by atoms with Crippen molar-refractivity contribution in [2.75, 3.05) is 4.90 Å². The second kappa shape index (κ2) is 5.92. The molecule has 0 fully saturated rings. The summed E-state index contributed by atoms with van der Waals surface area (Å²) >= 11 is 0. The average Bonchev–Trinajstić information content (AvgIpc) is 2.95. The molecule has 1 aliphatic carbocycles. The van der Waals surface area contributed by atoms with Crippen LogP contribution < -0.4 is 4.90 Å². The molecule has 2 atom stereocenters. The van der Waals surface area contributed by atoms with Crippen molar-refractivity contribution >= 4 is 11.4 Å². The van der Waals surface area contributed by atoms with Gasteiger partial charge in [-0.3, -0.25) is 0 Å². The summed E-state index contributed by atoms with van der Waals surface area (Å²) < 4.78 is 0. The van der Waals surface area contributed by atoms with Gasteiger partial charge >= 0.3 is 0 Å². The van der Waals surface area contributed by atoms with E-state index in [0.29, 0.717) is 12.0 Å². The van der Waals surface area contributed by atoms with Gasteiger partial charge in [0.15, 0.2) is 0 Å². The number of hydrogen-bond donors (Lipinski definition) is 0. The minimum absolute atomic E-state index is 0.386. The molecule has 0 radical (unpaired) electrons. The number of para-hydroxylation sites is 1. The number of anilines is 2. The minimum atomic E-state index is 0.386. The van der Waals surface area contributed by atoms with Crippen molar-refractivity contribution in [3.63, 3.8) is 0 Å². The lowest BCUT2D eigenvalue weighted by Crippen LogP contribution is -2.28. The Bertz CT molecular complexity index is 767. The van der Waals surface area contributed by atoms with Crippen LogP contribution in [0.25, 0.3) is 0 Å². The van der Waals surface area contributed by atoms with Gasteiger partial charge < -0.3 is 4.90 Å². The highest BCUT2D eigenvalue weighted by Gasteiger charge is 2.36. The molecule has 0 N–H and O–H groups in total. The molecule has 1 heteroatoms. The van der Waals surface area contributed by atoms with E-state index in [-0.39, 0.29) is 0 Å². The van der Waals surface area contributed by atoms with Gasteiger partial charge in [0.2, 0.25) is 0 Å². The fraction of sp³-hybridized carbons (Fsp3) is 0.182. The number of fused-ring (bicyclic) bond motifs is 3. The molecule has 0 saturated heterocycles. The van der Waals surface area contributed by atoms with Gasteiger partial charge in [-0.25, -0.2) is 0 Å². The maximum Gasteiger partial charge on any atom is 0.0629 e. The summed E-state index contributed by atoms with van der Waals surface area (Å²) in [5.74, 6) is 0.455. The number of hydrogen-bond acceptors (Lipinski definition) is 1. The van der Waals surface area contributed by atoms with Crippen LogP contribution in [-0.4, -0.2) is 6.04 Å². The molecule has 2 aromatic carbocycles. The topological polar surface area (TPSA) is 3.24 Å². The van der Waals surface area contributed by atoms with E-state index in [1.54, 1.807) is 0 Å². The predicted molar refractivity (Wildman–Crippen MR) is 98.4 cm³/mol. The highest BCUT2D eigenvalue weighted by Crippen LogP contribution is 2.47. The summed E-state index contributed by atoms with van der Waals surface area (Å²) in [5.41, 5.74) is 5.40. The molecule has 1 heterocycles. The van der Waals surface area contributed by atoms with Gasteiger partial charge in [0.25, 0.3) is 0 Å². The molecule has 0 spiro atoms. The second-order valence-electron chi connectivity index (χ2n) is 6.21. The van der Waals surface area contributed by atoms with Gasteiger partial charge in [0.05, 0.1) is 6.04 Å². The molecule has 1 aliphatic heterocycles. The third-order valence-electron chi connectivity index (χ3n) is 4.81. The Morgan fingerprint density at radius 2 is 1.74 bits per heavy atom. The Balaban J connectivity index is 1.71. The number of rotatable bonds is 4. The van der Waals surface area contributed by atoms with Crippen LogP contribution >= 0.6 is 0 Å². The first-order valence-electron chi connectivity index (χ1n) is 8.31. The average molecular weight is 299 g/mol. The molecule has 2 aromatic rings. The quantitative estimate of drug-likeness (QED) is 0.670. The molecule has 0 saturated carbocycles. The zero-order valence-electron chi connectivity index (χ0n) is 13.2. The first-order chi connectivity index (χ1) is 11.4. The van der Waals surface area contributed by atoms with Gasteiger partial charge in [-0.15, -0.1) is 6.58 Å². The van der Waals surface area contributed by atoms with E-state index in [9.17, 15) is 0 Å². The Morgan fingerprint density at radius 3 is 2.57 bits per heavy atom. The van der Waals surface area contributed by atoms with Crippen LogP contribution in [0.1, 0.15) is 23.5 Å². The van der Waals surface area contributed by atoms with Crippen LogP contribution in [0.2, 0.25) is 0 Å². The molecule has 114 valence electrons. The largest absolute Gasteiger partial charge is 0.333 e. The lowest BCUT2D eigenvalue weighted by Gasteiger charge is -2.28. The van der Waals surface area contributed by atoms with Crippen LogP contribution in [0.5, 0.6) is 0 Å². The molecule has 0 aromatic heterocycles. The van der Waals surface area contributed by atoms with E-state index < -0.39 is 0 Å². The Hall–Kier alpha value is -2.54. The van der Waals surface area contributed by atoms with Crippen molar-refractivity contribution < 1.29 is 0 Å². The Labute approximate surface area is 138 Å². The van der Waals surface area contributed by atoms with Crippen molar-refractivity contribution in [3.8, 4) is 0 Å². The minimum Gasteiger partial charge on any atom is -0.333 e. The number of benzene rings is 2. The first-order valence-corrected chi connectivity index (χ1v) is 8.31. The van der Waals surface area contributed by atoms with E-state index in [0.717, 1.165) is 12.8 Å². The molecular weight excluding hydrogens is 278 g/mol. The molecule has 2 aliphatic rings. The number of aryl methyl sites for hydroxylation is 1. The van der Waals surface area contributed by atoms with Crippen LogP contribution in [0, 0.1) is 0 Å². The smallest absolute Gasteiger partial charge is 0.0629 e. The van der Waals surface area contributed by atoms with Crippen LogP contribution in [-0.2, 0) is 6.42 Å². The summed E-state index contributed by atoms with van der Waals surface area (Å²) in [5, 5.41) is 0. The summed E-state index contributed by atoms with van der Waals surface area (Å²) in [6, 6.07) is 18.2. The number of nitrogens with zero attached hydrogens (tertiary/aromatic N) is 1. The van der Waals surface area contributed by atoms with Gasteiger partial charge in [0, 0.05) is 17.3 Å². The van der Waals surface area contributed by atoms with Crippen LogP contribution in [0.15, 0.2) is 85.5 Å². The van der Waals surface area contributed by atoms with Crippen molar-refractivity contribution in [1.29, 1.82) is 0 Å². The molecule has 0 bridgehead atoms. The highest BCUT2D eigenvalue weighted by atomic mass is 15.2. The Kier molecular flexibility index (Phi) is 3.63. The predicted octanol–water partition coefficient (Wildman–Crippen LogP) is 5.54. The van der Waals surface area contributed by atoms with Gasteiger partial charge in [0.1, 0.15) is 0 Å². The van der Waals surface area contributed by atoms with Crippen molar-refractivity contribution in [2.24, 2.45) is 0 Å². The first kappa shape index (κ1) is 14.1. The van der Waals surface area contributed by atoms with Crippen molar-refractivity contribution in [1.82, 2.24) is 0 Å². The maximum atomic E-state index is 3.80. The lowest BCUT2D eigenvalue weighted by molar-refractivity contribution is 0.744. The van der Waals surface area contributed by atoms with E-state index in [4.69, 9.17) is 0 Å². The molecule has 4 rings (SSSR count). The standard InChI is InChI=1S/C22H21N/c1-2-3-8-17-13-15-18(16-14-17)23-21-11-6-4-9-19(21)20-10-5-7-12-22(20)23/h2,4-7,9-16,19,21H,1,3,8H2. The highest BCUT2D eigenvalue weighted by molar-refractivity contribution is 5.75. The summed E-state index contributed by atoms with van der Waals surface area (Å²) in [6.07, 6.45) is 13.0. The van der Waals surface area contributed by atoms with Gasteiger partial charge in [-0.05, 0) is 42.2 Å². The maximum absolute atomic E-state index is 3.80. The van der Waals surface area contributed by atoms with E-state index in [2.05, 4.69) is 84.3 Å². The SMILES string of the molecule is C=CCCc1ccc(N2c3ccccc3C3C=CC=CC32)cc1. The van der Waals surface area contributed by atoms with Crippen LogP contribution in [0.4, 0.5) is 11.4 Å². The molecule has 23 heavy (non-hydrogen) atoms. The fourth-order valence-corrected chi connectivity index (χ4v) is 3.68.